The molecule has 3 aromatic rings. The van der Waals surface area contributed by atoms with E-state index in [0.717, 1.165) is 0 Å². The van der Waals surface area contributed by atoms with Gasteiger partial charge < -0.3 is 30.6 Å². The Hall–Kier alpha value is -3.83. The van der Waals surface area contributed by atoms with E-state index in [0.29, 0.717) is 46.0 Å². The van der Waals surface area contributed by atoms with Crippen molar-refractivity contribution in [3.05, 3.63) is 65.8 Å². The highest BCUT2D eigenvalue weighted by Gasteiger charge is 2.18. The second-order valence-electron chi connectivity index (χ2n) is 8.13. The number of hydrogen-bond acceptors (Lipinski definition) is 8. The van der Waals surface area contributed by atoms with E-state index in [9.17, 15) is 9.36 Å². The molecule has 0 aliphatic carbocycles. The molecule has 0 aliphatic heterocycles. The summed E-state index contributed by atoms with van der Waals surface area (Å²) < 4.78 is 18.3. The van der Waals surface area contributed by atoms with Crippen LogP contribution in [0.4, 0.5) is 28.8 Å². The lowest BCUT2D eigenvalue weighted by Gasteiger charge is -2.17. The number of ether oxygens (including phenoxy) is 1. The summed E-state index contributed by atoms with van der Waals surface area (Å²) in [6.45, 7) is 7.37. The van der Waals surface area contributed by atoms with Gasteiger partial charge in [-0.15, -0.1) is 0 Å². The van der Waals surface area contributed by atoms with Crippen LogP contribution < -0.4 is 31.3 Å². The summed E-state index contributed by atoms with van der Waals surface area (Å²) >= 11 is 6.37. The van der Waals surface area contributed by atoms with Crippen molar-refractivity contribution in [3.8, 4) is 17.6 Å². The van der Waals surface area contributed by atoms with Crippen molar-refractivity contribution >= 4 is 58.8 Å². The summed E-state index contributed by atoms with van der Waals surface area (Å²) in [5.74, 6) is 6.61. The van der Waals surface area contributed by atoms with Crippen LogP contribution in [0.1, 0.15) is 5.56 Å². The summed E-state index contributed by atoms with van der Waals surface area (Å²) in [7, 11) is 0.755. The number of nitrogens with one attached hydrogen (secondary N) is 4. The number of halogens is 1. The van der Waals surface area contributed by atoms with Crippen LogP contribution in [0, 0.1) is 11.8 Å². The van der Waals surface area contributed by atoms with Gasteiger partial charge in [-0.05, 0) is 44.7 Å². The Kier molecular flexibility index (Phi) is 9.31. The van der Waals surface area contributed by atoms with Crippen LogP contribution >= 0.6 is 18.7 Å². The maximum Gasteiger partial charge on any atom is 0.247 e. The van der Waals surface area contributed by atoms with Gasteiger partial charge in [0.15, 0.2) is 5.82 Å². The molecule has 3 rings (SSSR count). The van der Waals surface area contributed by atoms with Crippen molar-refractivity contribution in [2.75, 3.05) is 50.0 Å². The SMILES string of the molecule is C=CC(=O)Nc1cc(Nc2ncc(Cl)c(Nc3ccccc3P(C)(C)=O)n2)c(OC)cc1C#CCNC. The van der Waals surface area contributed by atoms with Crippen LogP contribution in [0.15, 0.2) is 55.3 Å². The summed E-state index contributed by atoms with van der Waals surface area (Å²) in [6, 6.07) is 10.7. The van der Waals surface area contributed by atoms with Crippen molar-refractivity contribution in [3.63, 3.8) is 0 Å². The second kappa shape index (κ2) is 12.4. The summed E-state index contributed by atoms with van der Waals surface area (Å²) in [4.78, 5) is 20.8. The Bertz CT molecular complexity index is 1430. The van der Waals surface area contributed by atoms with Gasteiger partial charge in [0, 0.05) is 11.4 Å². The van der Waals surface area contributed by atoms with Crippen molar-refractivity contribution in [1.82, 2.24) is 15.3 Å². The molecule has 192 valence electrons. The van der Waals surface area contributed by atoms with Gasteiger partial charge in [-0.2, -0.15) is 4.98 Å². The standard InChI is InChI=1S/C26H28ClN6O3P/c1-6-24(34)30-20-15-21(22(36-3)14-17(20)10-9-13-28-2)32-26-29-16-18(27)25(33-26)31-19-11-7-8-12-23(19)37(4,5)35/h6-8,11-12,14-16,28H,1,13H2,2-5H3,(H,30,34)(H2,29,31,32,33). The number of aromatic nitrogens is 2. The predicted octanol–water partition coefficient (Wildman–Crippen LogP) is 4.57. The molecule has 37 heavy (non-hydrogen) atoms. The zero-order valence-electron chi connectivity index (χ0n) is 21.0. The number of amides is 1. The number of carbonyl (C=O) groups excluding carboxylic acids is 1. The third kappa shape index (κ3) is 7.34. The molecule has 0 radical (unpaired) electrons. The van der Waals surface area contributed by atoms with Crippen molar-refractivity contribution in [2.24, 2.45) is 0 Å². The van der Waals surface area contributed by atoms with Crippen LogP contribution in [0.25, 0.3) is 0 Å². The fourth-order valence-electron chi connectivity index (χ4n) is 3.28. The first-order valence-corrected chi connectivity index (χ1v) is 14.1. The Morgan fingerprint density at radius 2 is 1.95 bits per heavy atom. The molecule has 0 atom stereocenters. The Labute approximate surface area is 221 Å². The van der Waals surface area contributed by atoms with E-state index in [4.69, 9.17) is 16.3 Å². The zero-order valence-corrected chi connectivity index (χ0v) is 22.6. The molecule has 0 fully saturated rings. The molecule has 11 heteroatoms. The molecule has 0 saturated heterocycles. The number of nitrogens with zero attached hydrogens (tertiary/aromatic N) is 2. The van der Waals surface area contributed by atoms with Crippen LogP contribution in [0.5, 0.6) is 5.75 Å². The molecular weight excluding hydrogens is 511 g/mol. The summed E-state index contributed by atoms with van der Waals surface area (Å²) in [5, 5.41) is 12.9. The first kappa shape index (κ1) is 27.8. The van der Waals surface area contributed by atoms with Gasteiger partial charge in [0.25, 0.3) is 0 Å². The van der Waals surface area contributed by atoms with Gasteiger partial charge in [0.05, 0.1) is 42.5 Å². The normalized spacial score (nSPS) is 10.6. The maximum absolute atomic E-state index is 12.8. The quantitative estimate of drug-likeness (QED) is 0.178. The van der Waals surface area contributed by atoms with Gasteiger partial charge in [0.1, 0.15) is 17.9 Å². The lowest BCUT2D eigenvalue weighted by atomic mass is 10.1. The highest BCUT2D eigenvalue weighted by Crippen LogP contribution is 2.39. The van der Waals surface area contributed by atoms with Crippen molar-refractivity contribution in [1.29, 1.82) is 0 Å². The van der Waals surface area contributed by atoms with E-state index in [1.54, 1.807) is 32.5 Å². The molecule has 9 nitrogen and oxygen atoms in total. The average molecular weight is 539 g/mol. The number of rotatable bonds is 9. The van der Waals surface area contributed by atoms with E-state index in [1.165, 1.54) is 19.4 Å². The molecule has 1 aromatic heterocycles. The highest BCUT2D eigenvalue weighted by molar-refractivity contribution is 7.70. The predicted molar refractivity (Wildman–Crippen MR) is 152 cm³/mol. The van der Waals surface area contributed by atoms with Gasteiger partial charge >= 0.3 is 0 Å². The molecule has 0 spiro atoms. The Balaban J connectivity index is 1.99. The molecule has 4 N–H and O–H groups in total. The van der Waals surface area contributed by atoms with Crippen LogP contribution in [0.3, 0.4) is 0 Å². The molecule has 1 amide bonds. The third-order valence-electron chi connectivity index (χ3n) is 5.00. The second-order valence-corrected chi connectivity index (χ2v) is 11.7. The molecule has 1 heterocycles. The van der Waals surface area contributed by atoms with Gasteiger partial charge in [-0.1, -0.05) is 42.2 Å². The third-order valence-corrected chi connectivity index (χ3v) is 6.83. The molecule has 0 saturated carbocycles. The minimum absolute atomic E-state index is 0.217. The number of benzene rings is 2. The maximum atomic E-state index is 12.8. The highest BCUT2D eigenvalue weighted by atomic mass is 35.5. The first-order chi connectivity index (χ1) is 17.7. The lowest BCUT2D eigenvalue weighted by Crippen LogP contribution is -2.11. The van der Waals surface area contributed by atoms with Crippen molar-refractivity contribution in [2.45, 2.75) is 0 Å². The Morgan fingerprint density at radius 1 is 1.19 bits per heavy atom. The fourth-order valence-corrected chi connectivity index (χ4v) is 4.57. The van der Waals surface area contributed by atoms with Crippen LogP contribution in [-0.4, -0.2) is 49.9 Å². The lowest BCUT2D eigenvalue weighted by molar-refractivity contribution is -0.111. The van der Waals surface area contributed by atoms with Crippen molar-refractivity contribution < 1.29 is 14.1 Å². The van der Waals surface area contributed by atoms with Crippen LogP contribution in [0.2, 0.25) is 5.02 Å². The summed E-state index contributed by atoms with van der Waals surface area (Å²) in [6.07, 6.45) is 2.62. The molecular formula is C26H28ClN6O3P. The van der Waals surface area contributed by atoms with Gasteiger partial charge in [0.2, 0.25) is 11.9 Å². The molecule has 2 aromatic carbocycles. The molecule has 0 bridgehead atoms. The average Bonchev–Trinajstić information content (AvgIpc) is 2.87. The van der Waals surface area contributed by atoms with E-state index in [1.807, 2.05) is 24.3 Å². The number of anilines is 5. The van der Waals surface area contributed by atoms with Gasteiger partial charge in [-0.25, -0.2) is 4.98 Å². The monoisotopic (exact) mass is 538 g/mol. The minimum Gasteiger partial charge on any atom is -0.495 e. The smallest absolute Gasteiger partial charge is 0.247 e. The summed E-state index contributed by atoms with van der Waals surface area (Å²) in [5.41, 5.74) is 2.15. The first-order valence-electron chi connectivity index (χ1n) is 11.2. The van der Waals surface area contributed by atoms with Crippen LogP contribution in [-0.2, 0) is 9.36 Å². The van der Waals surface area contributed by atoms with Gasteiger partial charge in [-0.3, -0.25) is 4.79 Å². The number of hydrogen-bond donors (Lipinski definition) is 4. The molecule has 0 unspecified atom stereocenters. The Morgan fingerprint density at radius 3 is 2.62 bits per heavy atom. The minimum atomic E-state index is -2.56. The van der Waals surface area contributed by atoms with E-state index in [-0.39, 0.29) is 16.9 Å². The topological polar surface area (TPSA) is 117 Å². The molecule has 0 aliphatic rings. The number of para-hydroxylation sites is 1. The van der Waals surface area contributed by atoms with E-state index < -0.39 is 7.14 Å². The van der Waals surface area contributed by atoms with E-state index in [2.05, 4.69) is 49.7 Å². The zero-order chi connectivity index (χ0) is 27.0. The van der Waals surface area contributed by atoms with E-state index >= 15 is 0 Å². The number of carbonyl (C=O) groups is 1. The largest absolute Gasteiger partial charge is 0.495 e. The number of methoxy groups -OCH3 is 1. The fraction of sp³-hybridized carbons (Fsp3) is 0.192.